The lowest BCUT2D eigenvalue weighted by Gasteiger charge is -2.13. The van der Waals surface area contributed by atoms with E-state index in [1.807, 2.05) is 19.9 Å². The predicted molar refractivity (Wildman–Crippen MR) is 76.3 cm³/mol. The zero-order chi connectivity index (χ0) is 14.6. The fraction of sp³-hybridized carbons (Fsp3) is 0.600. The lowest BCUT2D eigenvalue weighted by Crippen LogP contribution is -2.09. The van der Waals surface area contributed by atoms with Crippen molar-refractivity contribution in [3.05, 3.63) is 23.8 Å². The molecule has 5 nitrogen and oxygen atoms in total. The quantitative estimate of drug-likeness (QED) is 0.630. The van der Waals surface area contributed by atoms with Crippen LogP contribution in [0.3, 0.4) is 0 Å². The Morgan fingerprint density at radius 3 is 2.15 bits per heavy atom. The van der Waals surface area contributed by atoms with Crippen molar-refractivity contribution in [1.29, 1.82) is 0 Å². The smallest absolute Gasteiger partial charge is 0.128 e. The van der Waals surface area contributed by atoms with Crippen molar-refractivity contribution >= 4 is 0 Å². The van der Waals surface area contributed by atoms with Gasteiger partial charge in [-0.3, -0.25) is 0 Å². The van der Waals surface area contributed by atoms with Crippen LogP contribution in [0.15, 0.2) is 18.2 Å². The summed E-state index contributed by atoms with van der Waals surface area (Å²) in [5.74, 6) is 1.33. The van der Waals surface area contributed by atoms with Crippen LogP contribution in [0.1, 0.15) is 19.4 Å². The monoisotopic (exact) mass is 284 g/mol. The van der Waals surface area contributed by atoms with Gasteiger partial charge in [-0.15, -0.1) is 0 Å². The molecule has 20 heavy (non-hydrogen) atoms. The second kappa shape index (κ2) is 10.5. The Balaban J connectivity index is 2.51. The molecule has 0 heterocycles. The van der Waals surface area contributed by atoms with Crippen LogP contribution in [0.4, 0.5) is 0 Å². The van der Waals surface area contributed by atoms with E-state index in [-0.39, 0.29) is 6.61 Å². The Morgan fingerprint density at radius 1 is 0.900 bits per heavy atom. The van der Waals surface area contributed by atoms with E-state index in [9.17, 15) is 5.11 Å². The number of ether oxygens (including phenoxy) is 4. The molecule has 0 amide bonds. The summed E-state index contributed by atoms with van der Waals surface area (Å²) in [5.41, 5.74) is 0.735. The van der Waals surface area contributed by atoms with Crippen molar-refractivity contribution in [3.63, 3.8) is 0 Å². The molecule has 0 unspecified atom stereocenters. The average Bonchev–Trinajstić information content (AvgIpc) is 2.48. The Labute approximate surface area is 120 Å². The van der Waals surface area contributed by atoms with Crippen molar-refractivity contribution in [2.75, 3.05) is 39.6 Å². The molecular weight excluding hydrogens is 260 g/mol. The molecule has 0 bridgehead atoms. The van der Waals surface area contributed by atoms with Crippen molar-refractivity contribution in [2.24, 2.45) is 0 Å². The first kappa shape index (κ1) is 16.8. The molecule has 0 aliphatic heterocycles. The highest BCUT2D eigenvalue weighted by atomic mass is 16.5. The molecule has 1 N–H and O–H groups in total. The standard InChI is InChI=1S/C15H24O5/c1-3-17-7-9-19-14-6-5-13(12-16)15(11-14)20-10-8-18-4-2/h5-6,11,16H,3-4,7-10,12H2,1-2H3. The van der Waals surface area contributed by atoms with Crippen LogP contribution >= 0.6 is 0 Å². The van der Waals surface area contributed by atoms with Crippen molar-refractivity contribution in [1.82, 2.24) is 0 Å². The maximum Gasteiger partial charge on any atom is 0.128 e. The summed E-state index contributed by atoms with van der Waals surface area (Å²) in [6, 6.07) is 5.39. The largest absolute Gasteiger partial charge is 0.491 e. The second-order valence-corrected chi connectivity index (χ2v) is 4.02. The zero-order valence-electron chi connectivity index (χ0n) is 12.3. The normalized spacial score (nSPS) is 10.6. The van der Waals surface area contributed by atoms with Crippen LogP contribution < -0.4 is 9.47 Å². The van der Waals surface area contributed by atoms with Gasteiger partial charge in [0.15, 0.2) is 0 Å². The van der Waals surface area contributed by atoms with Gasteiger partial charge in [-0.25, -0.2) is 0 Å². The second-order valence-electron chi connectivity index (χ2n) is 4.02. The average molecular weight is 284 g/mol. The fourth-order valence-electron chi connectivity index (χ4n) is 1.61. The maximum atomic E-state index is 9.29. The zero-order valence-corrected chi connectivity index (χ0v) is 12.3. The highest BCUT2D eigenvalue weighted by molar-refractivity contribution is 5.40. The summed E-state index contributed by atoms with van der Waals surface area (Å²) in [6.45, 7) is 7.18. The van der Waals surface area contributed by atoms with Gasteiger partial charge in [-0.1, -0.05) is 0 Å². The molecule has 0 aliphatic carbocycles. The van der Waals surface area contributed by atoms with Gasteiger partial charge in [0.2, 0.25) is 0 Å². The van der Waals surface area contributed by atoms with Crippen LogP contribution in [-0.4, -0.2) is 44.7 Å². The van der Waals surface area contributed by atoms with E-state index in [0.29, 0.717) is 51.1 Å². The lowest BCUT2D eigenvalue weighted by molar-refractivity contribution is 0.106. The first-order valence-corrected chi connectivity index (χ1v) is 6.96. The van der Waals surface area contributed by atoms with Crippen molar-refractivity contribution in [2.45, 2.75) is 20.5 Å². The van der Waals surface area contributed by atoms with E-state index < -0.39 is 0 Å². The molecule has 1 rings (SSSR count). The van der Waals surface area contributed by atoms with Crippen LogP contribution in [0.2, 0.25) is 0 Å². The van der Waals surface area contributed by atoms with Crippen LogP contribution in [-0.2, 0) is 16.1 Å². The van der Waals surface area contributed by atoms with Crippen LogP contribution in [0, 0.1) is 0 Å². The molecule has 0 saturated carbocycles. The van der Waals surface area contributed by atoms with Gasteiger partial charge in [-0.2, -0.15) is 0 Å². The summed E-state index contributed by atoms with van der Waals surface area (Å²) < 4.78 is 21.6. The minimum absolute atomic E-state index is 0.0663. The summed E-state index contributed by atoms with van der Waals surface area (Å²) in [7, 11) is 0. The minimum atomic E-state index is -0.0663. The highest BCUT2D eigenvalue weighted by Gasteiger charge is 2.05. The van der Waals surface area contributed by atoms with E-state index in [1.165, 1.54) is 0 Å². The van der Waals surface area contributed by atoms with Gasteiger partial charge < -0.3 is 24.1 Å². The maximum absolute atomic E-state index is 9.29. The number of hydrogen-bond acceptors (Lipinski definition) is 5. The summed E-state index contributed by atoms with van der Waals surface area (Å²) in [5, 5.41) is 9.29. The summed E-state index contributed by atoms with van der Waals surface area (Å²) in [6.07, 6.45) is 0. The number of aliphatic hydroxyl groups is 1. The molecule has 0 radical (unpaired) electrons. The Hall–Kier alpha value is -1.30. The number of aliphatic hydroxyl groups excluding tert-OH is 1. The van der Waals surface area contributed by atoms with E-state index in [4.69, 9.17) is 18.9 Å². The number of rotatable bonds is 11. The highest BCUT2D eigenvalue weighted by Crippen LogP contribution is 2.25. The van der Waals surface area contributed by atoms with Crippen LogP contribution in [0.25, 0.3) is 0 Å². The molecule has 1 aromatic rings. The topological polar surface area (TPSA) is 57.2 Å². The lowest BCUT2D eigenvalue weighted by atomic mass is 10.2. The third kappa shape index (κ3) is 6.23. The van der Waals surface area contributed by atoms with Crippen LogP contribution in [0.5, 0.6) is 11.5 Å². The molecule has 0 aromatic heterocycles. The van der Waals surface area contributed by atoms with Gasteiger partial charge in [0.25, 0.3) is 0 Å². The van der Waals surface area contributed by atoms with E-state index >= 15 is 0 Å². The van der Waals surface area contributed by atoms with E-state index in [0.717, 1.165) is 5.56 Å². The molecular formula is C15H24O5. The molecule has 0 atom stereocenters. The van der Waals surface area contributed by atoms with Gasteiger partial charge in [-0.05, 0) is 26.0 Å². The molecule has 0 spiro atoms. The summed E-state index contributed by atoms with van der Waals surface area (Å²) in [4.78, 5) is 0. The van der Waals surface area contributed by atoms with Crippen molar-refractivity contribution in [3.8, 4) is 11.5 Å². The molecule has 0 fully saturated rings. The first-order chi connectivity index (χ1) is 9.81. The molecule has 0 saturated heterocycles. The van der Waals surface area contributed by atoms with Crippen molar-refractivity contribution < 1.29 is 24.1 Å². The Bertz CT molecular complexity index is 367. The van der Waals surface area contributed by atoms with Gasteiger partial charge in [0, 0.05) is 24.8 Å². The van der Waals surface area contributed by atoms with E-state index in [1.54, 1.807) is 12.1 Å². The first-order valence-electron chi connectivity index (χ1n) is 6.96. The third-order valence-electron chi connectivity index (χ3n) is 2.60. The third-order valence-corrected chi connectivity index (χ3v) is 2.60. The van der Waals surface area contributed by atoms with Gasteiger partial charge >= 0.3 is 0 Å². The molecule has 114 valence electrons. The SMILES string of the molecule is CCOCCOc1ccc(CO)c(OCCOCC)c1. The molecule has 1 aromatic carbocycles. The Kier molecular flexibility index (Phi) is 8.78. The fourth-order valence-corrected chi connectivity index (χ4v) is 1.61. The van der Waals surface area contributed by atoms with E-state index in [2.05, 4.69) is 0 Å². The Morgan fingerprint density at radius 2 is 1.55 bits per heavy atom. The summed E-state index contributed by atoms with van der Waals surface area (Å²) >= 11 is 0. The predicted octanol–water partition coefficient (Wildman–Crippen LogP) is 2.01. The molecule has 0 aliphatic rings. The number of benzene rings is 1. The minimum Gasteiger partial charge on any atom is -0.491 e. The van der Waals surface area contributed by atoms with Gasteiger partial charge in [0.1, 0.15) is 24.7 Å². The molecule has 5 heteroatoms. The van der Waals surface area contributed by atoms with Gasteiger partial charge in [0.05, 0.1) is 19.8 Å². The number of hydrogen-bond donors (Lipinski definition) is 1.